The molecule has 0 atom stereocenters. The van der Waals surface area contributed by atoms with Crippen LogP contribution in [0.25, 0.3) is 10.2 Å². The summed E-state index contributed by atoms with van der Waals surface area (Å²) < 4.78 is 1.19. The molecule has 7 nitrogen and oxygen atoms in total. The van der Waals surface area contributed by atoms with Crippen LogP contribution in [0.15, 0.2) is 16.2 Å². The van der Waals surface area contributed by atoms with Crippen molar-refractivity contribution in [3.63, 3.8) is 0 Å². The molecule has 2 N–H and O–H groups in total. The van der Waals surface area contributed by atoms with E-state index in [-0.39, 0.29) is 35.8 Å². The van der Waals surface area contributed by atoms with Crippen molar-refractivity contribution in [3.05, 3.63) is 27.6 Å². The molecular weight excluding hydrogens is 388 g/mol. The number of nitrogens with one attached hydrogen (secondary N) is 2. The molecular formula is C21H26N4O3S. The van der Waals surface area contributed by atoms with Gasteiger partial charge in [-0.15, -0.1) is 11.3 Å². The summed E-state index contributed by atoms with van der Waals surface area (Å²) in [6, 6.07) is 1.71. The van der Waals surface area contributed by atoms with Crippen LogP contribution in [0.5, 0.6) is 0 Å². The van der Waals surface area contributed by atoms with Gasteiger partial charge in [0.1, 0.15) is 10.7 Å². The number of carbonyl (C=O) groups excluding carboxylic acids is 2. The Morgan fingerprint density at radius 2 is 1.86 bits per heavy atom. The minimum absolute atomic E-state index is 0.124. The number of carbonyl (C=O) groups is 2. The van der Waals surface area contributed by atoms with Crippen LogP contribution in [0, 0.1) is 30.1 Å². The molecule has 2 amide bonds. The van der Waals surface area contributed by atoms with Crippen LogP contribution in [0.1, 0.15) is 50.8 Å². The number of thiophene rings is 1. The minimum Gasteiger partial charge on any atom is -0.355 e. The Morgan fingerprint density at radius 1 is 1.21 bits per heavy atom. The van der Waals surface area contributed by atoms with E-state index in [1.807, 2.05) is 5.38 Å². The van der Waals surface area contributed by atoms with Crippen LogP contribution in [-0.2, 0) is 9.59 Å². The van der Waals surface area contributed by atoms with E-state index in [0.717, 1.165) is 19.3 Å². The van der Waals surface area contributed by atoms with Gasteiger partial charge in [-0.2, -0.15) is 0 Å². The van der Waals surface area contributed by atoms with Gasteiger partial charge < -0.3 is 5.32 Å². The number of aromatic nitrogens is 2. The smallest absolute Gasteiger partial charge is 0.281 e. The Morgan fingerprint density at radius 3 is 2.52 bits per heavy atom. The molecule has 0 aliphatic heterocycles. The number of nitrogens with zero attached hydrogens (tertiary/aromatic N) is 2. The van der Waals surface area contributed by atoms with Crippen molar-refractivity contribution in [3.8, 4) is 0 Å². The quantitative estimate of drug-likeness (QED) is 0.786. The van der Waals surface area contributed by atoms with Crippen molar-refractivity contribution in [1.82, 2.24) is 15.0 Å². The molecule has 0 spiro atoms. The van der Waals surface area contributed by atoms with Gasteiger partial charge >= 0.3 is 0 Å². The van der Waals surface area contributed by atoms with E-state index in [4.69, 9.17) is 0 Å². The fourth-order valence-corrected chi connectivity index (χ4v) is 6.99. The normalized spacial score (nSPS) is 29.9. The van der Waals surface area contributed by atoms with E-state index in [1.54, 1.807) is 13.0 Å². The molecule has 0 aromatic carbocycles. The molecule has 4 aliphatic rings. The summed E-state index contributed by atoms with van der Waals surface area (Å²) in [4.78, 5) is 42.9. The molecule has 29 heavy (non-hydrogen) atoms. The molecule has 2 aromatic heterocycles. The maximum atomic E-state index is 13.0. The van der Waals surface area contributed by atoms with Gasteiger partial charge in [0.15, 0.2) is 0 Å². The molecule has 0 unspecified atom stereocenters. The number of hydrogen-bond donors (Lipinski definition) is 2. The average Bonchev–Trinajstić information content (AvgIpc) is 3.12. The van der Waals surface area contributed by atoms with E-state index in [0.29, 0.717) is 33.8 Å². The lowest BCUT2D eigenvalue weighted by atomic mass is 9.49. The van der Waals surface area contributed by atoms with Crippen molar-refractivity contribution in [1.29, 1.82) is 0 Å². The van der Waals surface area contributed by atoms with Gasteiger partial charge in [0.25, 0.3) is 5.56 Å². The fraction of sp³-hybridized carbons (Fsp3) is 0.619. The number of rotatable bonds is 5. The van der Waals surface area contributed by atoms with E-state index in [2.05, 4.69) is 15.7 Å². The van der Waals surface area contributed by atoms with Crippen molar-refractivity contribution < 1.29 is 9.59 Å². The minimum atomic E-state index is -0.308. The van der Waals surface area contributed by atoms with Crippen molar-refractivity contribution in [2.24, 2.45) is 23.2 Å². The monoisotopic (exact) mass is 414 g/mol. The number of aryl methyl sites for hydroxylation is 1. The molecule has 4 aliphatic carbocycles. The highest BCUT2D eigenvalue weighted by molar-refractivity contribution is 7.16. The molecule has 6 rings (SSSR count). The highest BCUT2D eigenvalue weighted by Gasteiger charge is 2.54. The summed E-state index contributed by atoms with van der Waals surface area (Å²) >= 11 is 1.40. The third-order valence-corrected chi connectivity index (χ3v) is 7.87. The summed E-state index contributed by atoms with van der Waals surface area (Å²) in [7, 11) is 0. The molecule has 154 valence electrons. The molecule has 4 saturated carbocycles. The second kappa shape index (κ2) is 6.93. The second-order valence-electron chi connectivity index (χ2n) is 9.18. The zero-order chi connectivity index (χ0) is 20.2. The number of fused-ring (bicyclic) bond motifs is 1. The van der Waals surface area contributed by atoms with Crippen LogP contribution < -0.4 is 16.3 Å². The van der Waals surface area contributed by atoms with E-state index in [9.17, 15) is 14.4 Å². The van der Waals surface area contributed by atoms with Crippen LogP contribution in [0.3, 0.4) is 0 Å². The van der Waals surface area contributed by atoms with Gasteiger partial charge in [-0.3, -0.25) is 19.8 Å². The first kappa shape index (κ1) is 18.8. The average molecular weight is 415 g/mol. The summed E-state index contributed by atoms with van der Waals surface area (Å²) in [6.07, 6.45) is 7.06. The summed E-state index contributed by atoms with van der Waals surface area (Å²) in [5.41, 5.74) is 2.15. The standard InChI is InChI=1S/C21H26N4O3S/c1-12-23-18-16(3-5-29-18)19(27)25(12)24-17(26)2-4-22-20(28)21-9-13-6-14(10-21)8-15(7-13)11-21/h3,5,13-15H,2,4,6-11H2,1H3,(H,22,28)(H,24,26). The summed E-state index contributed by atoms with van der Waals surface area (Å²) in [6.45, 7) is 1.98. The Labute approximate surface area is 172 Å². The summed E-state index contributed by atoms with van der Waals surface area (Å²) in [5, 5.41) is 5.32. The van der Waals surface area contributed by atoms with Crippen LogP contribution in [-0.4, -0.2) is 28.0 Å². The molecule has 4 fully saturated rings. The molecule has 2 heterocycles. The maximum absolute atomic E-state index is 13.0. The van der Waals surface area contributed by atoms with E-state index in [1.165, 1.54) is 35.3 Å². The van der Waals surface area contributed by atoms with Crippen molar-refractivity contribution >= 4 is 33.4 Å². The zero-order valence-electron chi connectivity index (χ0n) is 16.6. The first-order chi connectivity index (χ1) is 13.9. The molecule has 2 aromatic rings. The largest absolute Gasteiger partial charge is 0.355 e. The second-order valence-corrected chi connectivity index (χ2v) is 10.1. The zero-order valence-corrected chi connectivity index (χ0v) is 17.4. The van der Waals surface area contributed by atoms with Crippen molar-refractivity contribution in [2.75, 3.05) is 12.0 Å². The number of hydrogen-bond acceptors (Lipinski definition) is 5. The molecule has 8 heteroatoms. The fourth-order valence-electron chi connectivity index (χ4n) is 6.19. The van der Waals surface area contributed by atoms with Crippen LogP contribution >= 0.6 is 11.3 Å². The van der Waals surface area contributed by atoms with Crippen LogP contribution in [0.4, 0.5) is 0 Å². The third kappa shape index (κ3) is 3.27. The highest BCUT2D eigenvalue weighted by atomic mass is 32.1. The number of amides is 2. The lowest BCUT2D eigenvalue weighted by Gasteiger charge is -2.55. The highest BCUT2D eigenvalue weighted by Crippen LogP contribution is 2.60. The van der Waals surface area contributed by atoms with Gasteiger partial charge in [0.2, 0.25) is 11.8 Å². The predicted molar refractivity (Wildman–Crippen MR) is 111 cm³/mol. The predicted octanol–water partition coefficient (Wildman–Crippen LogP) is 2.56. The topological polar surface area (TPSA) is 93.1 Å². The van der Waals surface area contributed by atoms with Gasteiger partial charge in [0, 0.05) is 18.4 Å². The van der Waals surface area contributed by atoms with Crippen molar-refractivity contribution in [2.45, 2.75) is 51.9 Å². The van der Waals surface area contributed by atoms with Gasteiger partial charge in [-0.1, -0.05) is 0 Å². The van der Waals surface area contributed by atoms with Gasteiger partial charge in [-0.05, 0) is 74.6 Å². The lowest BCUT2D eigenvalue weighted by Crippen LogP contribution is -2.53. The van der Waals surface area contributed by atoms with E-state index < -0.39 is 0 Å². The Balaban J connectivity index is 1.19. The Hall–Kier alpha value is -2.22. The lowest BCUT2D eigenvalue weighted by molar-refractivity contribution is -0.146. The van der Waals surface area contributed by atoms with E-state index >= 15 is 0 Å². The molecule has 4 bridgehead atoms. The molecule has 0 saturated heterocycles. The molecule has 0 radical (unpaired) electrons. The first-order valence-corrected chi connectivity index (χ1v) is 11.4. The Kier molecular flexibility index (Phi) is 4.49. The Bertz CT molecular complexity index is 1000. The van der Waals surface area contributed by atoms with Gasteiger partial charge in [0.05, 0.1) is 5.39 Å². The SMILES string of the molecule is Cc1nc2sccc2c(=O)n1NC(=O)CCNC(=O)C12CC3CC(CC(C3)C1)C2. The van der Waals surface area contributed by atoms with Crippen LogP contribution in [0.2, 0.25) is 0 Å². The van der Waals surface area contributed by atoms with Gasteiger partial charge in [-0.25, -0.2) is 9.66 Å². The first-order valence-electron chi connectivity index (χ1n) is 10.5. The maximum Gasteiger partial charge on any atom is 0.281 e. The summed E-state index contributed by atoms with van der Waals surface area (Å²) in [5.74, 6) is 2.39. The third-order valence-electron chi connectivity index (χ3n) is 7.06.